The van der Waals surface area contributed by atoms with Gasteiger partial charge in [-0.1, -0.05) is 24.3 Å². The first-order valence-corrected chi connectivity index (χ1v) is 9.43. The number of amides is 1. The van der Waals surface area contributed by atoms with E-state index in [0.29, 0.717) is 18.7 Å². The van der Waals surface area contributed by atoms with Gasteiger partial charge in [0.1, 0.15) is 0 Å². The van der Waals surface area contributed by atoms with Crippen LogP contribution >= 0.6 is 11.8 Å². The van der Waals surface area contributed by atoms with Crippen molar-refractivity contribution in [3.8, 4) is 0 Å². The fraction of sp³-hybridized carbons (Fsp3) is 0.316. The van der Waals surface area contributed by atoms with Crippen LogP contribution in [0.3, 0.4) is 0 Å². The molecular formula is C19H19F3N2OS. The van der Waals surface area contributed by atoms with Gasteiger partial charge in [0.2, 0.25) is 5.91 Å². The Morgan fingerprint density at radius 2 is 1.96 bits per heavy atom. The molecule has 7 heteroatoms. The van der Waals surface area contributed by atoms with Crippen molar-refractivity contribution in [1.29, 1.82) is 0 Å². The average molecular weight is 380 g/mol. The third-order valence-electron chi connectivity index (χ3n) is 4.49. The van der Waals surface area contributed by atoms with Gasteiger partial charge in [0.15, 0.2) is 0 Å². The second kappa shape index (κ2) is 7.72. The van der Waals surface area contributed by atoms with Crippen LogP contribution < -0.4 is 10.6 Å². The maximum absolute atomic E-state index is 13.2. The molecule has 0 aromatic heterocycles. The van der Waals surface area contributed by atoms with Gasteiger partial charge in [0, 0.05) is 24.5 Å². The summed E-state index contributed by atoms with van der Waals surface area (Å²) in [6.45, 7) is 0.786. The smallest absolute Gasteiger partial charge is 0.351 e. The predicted molar refractivity (Wildman–Crippen MR) is 96.0 cm³/mol. The Balaban J connectivity index is 1.75. The highest BCUT2D eigenvalue weighted by Gasteiger charge is 2.37. The van der Waals surface area contributed by atoms with Gasteiger partial charge in [-0.25, -0.2) is 0 Å². The van der Waals surface area contributed by atoms with Crippen LogP contribution in [0.15, 0.2) is 47.4 Å². The monoisotopic (exact) mass is 380 g/mol. The van der Waals surface area contributed by atoms with Crippen molar-refractivity contribution in [2.24, 2.45) is 0 Å². The largest absolute Gasteiger partial charge is 0.416 e. The first-order chi connectivity index (χ1) is 12.4. The number of thioether (sulfide) groups is 1. The zero-order valence-corrected chi connectivity index (χ0v) is 15.0. The summed E-state index contributed by atoms with van der Waals surface area (Å²) in [5.41, 5.74) is 0.890. The Morgan fingerprint density at radius 3 is 2.62 bits per heavy atom. The fourth-order valence-electron chi connectivity index (χ4n) is 3.14. The van der Waals surface area contributed by atoms with Gasteiger partial charge in [-0.15, -0.1) is 11.8 Å². The van der Waals surface area contributed by atoms with Crippen molar-refractivity contribution in [2.45, 2.75) is 30.1 Å². The van der Waals surface area contributed by atoms with E-state index < -0.39 is 17.7 Å². The number of carbonyl (C=O) groups excluding carboxylic acids is 1. The molecule has 1 atom stereocenters. The van der Waals surface area contributed by atoms with E-state index in [9.17, 15) is 18.0 Å². The lowest BCUT2D eigenvalue weighted by molar-refractivity contribution is -0.138. The molecule has 26 heavy (non-hydrogen) atoms. The van der Waals surface area contributed by atoms with E-state index in [2.05, 4.69) is 10.6 Å². The molecule has 1 heterocycles. The summed E-state index contributed by atoms with van der Waals surface area (Å²) >= 11 is 1.63. The number of fused-ring (bicyclic) bond motifs is 1. The van der Waals surface area contributed by atoms with Crippen LogP contribution in [0.1, 0.15) is 28.2 Å². The Labute approximate surface area is 154 Å². The summed E-state index contributed by atoms with van der Waals surface area (Å²) in [4.78, 5) is 13.7. The summed E-state index contributed by atoms with van der Waals surface area (Å²) < 4.78 is 39.6. The molecule has 138 valence electrons. The molecule has 0 spiro atoms. The normalized spacial score (nSPS) is 16.8. The van der Waals surface area contributed by atoms with Crippen molar-refractivity contribution in [1.82, 2.24) is 10.6 Å². The summed E-state index contributed by atoms with van der Waals surface area (Å²) in [7, 11) is 0. The second-order valence-corrected chi connectivity index (χ2v) is 7.00. The lowest BCUT2D eigenvalue weighted by Crippen LogP contribution is -2.39. The van der Waals surface area contributed by atoms with Crippen molar-refractivity contribution in [2.75, 3.05) is 12.8 Å². The van der Waals surface area contributed by atoms with Gasteiger partial charge in [-0.2, -0.15) is 13.2 Å². The highest BCUT2D eigenvalue weighted by atomic mass is 32.2. The van der Waals surface area contributed by atoms with E-state index in [4.69, 9.17) is 0 Å². The van der Waals surface area contributed by atoms with Gasteiger partial charge in [-0.3, -0.25) is 4.79 Å². The van der Waals surface area contributed by atoms with Crippen molar-refractivity contribution in [3.63, 3.8) is 0 Å². The number of rotatable bonds is 4. The predicted octanol–water partition coefficient (Wildman–Crippen LogP) is 3.93. The number of halogens is 3. The second-order valence-electron chi connectivity index (χ2n) is 6.12. The maximum atomic E-state index is 13.2. The van der Waals surface area contributed by atoms with Crippen molar-refractivity contribution < 1.29 is 18.0 Å². The van der Waals surface area contributed by atoms with E-state index in [-0.39, 0.29) is 18.0 Å². The molecule has 0 radical (unpaired) electrons. The summed E-state index contributed by atoms with van der Waals surface area (Å²) in [6, 6.07) is 11.9. The topological polar surface area (TPSA) is 41.1 Å². The minimum absolute atomic E-state index is 0.116. The SMILES string of the molecule is CSc1ccc(CNC(=O)C2CNCc3c2cccc3C(F)(F)F)cc1. The number of hydrogen-bond acceptors (Lipinski definition) is 3. The Morgan fingerprint density at radius 1 is 1.23 bits per heavy atom. The molecule has 2 aromatic carbocycles. The van der Waals surface area contributed by atoms with E-state index in [1.54, 1.807) is 17.8 Å². The van der Waals surface area contributed by atoms with Crippen LogP contribution in [-0.4, -0.2) is 18.7 Å². The molecule has 3 rings (SSSR count). The van der Waals surface area contributed by atoms with Crippen LogP contribution in [0.25, 0.3) is 0 Å². The van der Waals surface area contributed by atoms with Crippen LogP contribution in [0.4, 0.5) is 13.2 Å². The zero-order valence-electron chi connectivity index (χ0n) is 14.2. The van der Waals surface area contributed by atoms with Crippen molar-refractivity contribution >= 4 is 17.7 Å². The van der Waals surface area contributed by atoms with E-state index in [1.165, 1.54) is 6.07 Å². The molecule has 1 unspecified atom stereocenters. The standard InChI is InChI=1S/C19H19F3N2OS/c1-26-13-7-5-12(6-8-13)9-24-18(25)16-11-23-10-15-14(16)3-2-4-17(15)19(20,21)22/h2-8,16,23H,9-11H2,1H3,(H,24,25). The van der Waals surface area contributed by atoms with Gasteiger partial charge in [0.05, 0.1) is 11.5 Å². The molecule has 0 saturated heterocycles. The minimum Gasteiger partial charge on any atom is -0.351 e. The first kappa shape index (κ1) is 18.8. The van der Waals surface area contributed by atoms with Gasteiger partial charge >= 0.3 is 6.18 Å². The molecule has 0 bridgehead atoms. The Kier molecular flexibility index (Phi) is 5.58. The summed E-state index contributed by atoms with van der Waals surface area (Å²) in [5.74, 6) is -0.904. The Bertz CT molecular complexity index is 790. The molecular weight excluding hydrogens is 361 g/mol. The molecule has 2 aromatic rings. The number of nitrogens with one attached hydrogen (secondary N) is 2. The van der Waals surface area contributed by atoms with E-state index in [1.807, 2.05) is 30.5 Å². The number of hydrogen-bond donors (Lipinski definition) is 2. The third-order valence-corrected chi connectivity index (χ3v) is 5.23. The lowest BCUT2D eigenvalue weighted by Gasteiger charge is -2.28. The zero-order chi connectivity index (χ0) is 18.7. The van der Waals surface area contributed by atoms with Gasteiger partial charge in [-0.05, 0) is 41.1 Å². The average Bonchev–Trinajstić information content (AvgIpc) is 2.64. The van der Waals surface area contributed by atoms with Gasteiger partial charge < -0.3 is 10.6 Å². The lowest BCUT2D eigenvalue weighted by atomic mass is 9.87. The molecule has 3 nitrogen and oxygen atoms in total. The molecule has 0 aliphatic carbocycles. The highest BCUT2D eigenvalue weighted by Crippen LogP contribution is 2.36. The molecule has 1 aliphatic heterocycles. The summed E-state index contributed by atoms with van der Waals surface area (Å²) in [5, 5.41) is 5.77. The third kappa shape index (κ3) is 4.04. The summed E-state index contributed by atoms with van der Waals surface area (Å²) in [6.07, 6.45) is -2.44. The molecule has 2 N–H and O–H groups in total. The quantitative estimate of drug-likeness (QED) is 0.790. The highest BCUT2D eigenvalue weighted by molar-refractivity contribution is 7.98. The van der Waals surface area contributed by atoms with E-state index in [0.717, 1.165) is 16.5 Å². The minimum atomic E-state index is -4.43. The number of carbonyl (C=O) groups is 1. The number of alkyl halides is 3. The van der Waals surface area contributed by atoms with Gasteiger partial charge in [0.25, 0.3) is 0 Å². The molecule has 0 fully saturated rings. The maximum Gasteiger partial charge on any atom is 0.416 e. The molecule has 1 aliphatic rings. The van der Waals surface area contributed by atoms with Crippen LogP contribution in [0.5, 0.6) is 0 Å². The van der Waals surface area contributed by atoms with Crippen LogP contribution in [0.2, 0.25) is 0 Å². The Hall–Kier alpha value is -1.99. The fourth-order valence-corrected chi connectivity index (χ4v) is 3.54. The van der Waals surface area contributed by atoms with Crippen LogP contribution in [0, 0.1) is 0 Å². The first-order valence-electron chi connectivity index (χ1n) is 8.20. The van der Waals surface area contributed by atoms with Crippen molar-refractivity contribution in [3.05, 3.63) is 64.7 Å². The number of benzene rings is 2. The molecule has 0 saturated carbocycles. The van der Waals surface area contributed by atoms with E-state index >= 15 is 0 Å². The van der Waals surface area contributed by atoms with Crippen LogP contribution in [-0.2, 0) is 24.1 Å². The molecule has 1 amide bonds.